The third-order valence-electron chi connectivity index (χ3n) is 3.52. The van der Waals surface area contributed by atoms with Gasteiger partial charge in [-0.1, -0.05) is 20.8 Å². The highest BCUT2D eigenvalue weighted by molar-refractivity contribution is 5.93. The third-order valence-corrected chi connectivity index (χ3v) is 3.52. The first-order chi connectivity index (χ1) is 8.42. The summed E-state index contributed by atoms with van der Waals surface area (Å²) in [5, 5.41) is 2.73. The smallest absolute Gasteiger partial charge is 0.267 e. The molecule has 0 spiro atoms. The lowest BCUT2D eigenvalue weighted by Gasteiger charge is -2.18. The molecule has 0 fully saturated rings. The summed E-state index contributed by atoms with van der Waals surface area (Å²) in [4.78, 5) is 12.0. The van der Waals surface area contributed by atoms with Crippen molar-refractivity contribution in [2.45, 2.75) is 53.5 Å². The monoisotopic (exact) mass is 250 g/mol. The molecule has 0 aliphatic heterocycles. The maximum Gasteiger partial charge on any atom is 0.267 e. The molecule has 1 rings (SSSR count). The van der Waals surface area contributed by atoms with Crippen LogP contribution in [0.1, 0.15) is 61.9 Å². The summed E-state index contributed by atoms with van der Waals surface area (Å²) in [5.74, 6) is 0.613. The summed E-state index contributed by atoms with van der Waals surface area (Å²) in [7, 11) is 1.69. The van der Waals surface area contributed by atoms with E-state index in [4.69, 9.17) is 0 Å². The average molecular weight is 250 g/mol. The van der Waals surface area contributed by atoms with E-state index in [2.05, 4.69) is 50.6 Å². The van der Waals surface area contributed by atoms with Crippen molar-refractivity contribution >= 4 is 5.91 Å². The molecule has 0 aromatic carbocycles. The first-order valence-electron chi connectivity index (χ1n) is 6.85. The number of rotatable bonds is 5. The van der Waals surface area contributed by atoms with Gasteiger partial charge < -0.3 is 9.88 Å². The summed E-state index contributed by atoms with van der Waals surface area (Å²) in [6.07, 6.45) is 2.06. The predicted molar refractivity (Wildman–Crippen MR) is 76.1 cm³/mol. The first kappa shape index (κ1) is 14.8. The molecule has 3 nitrogen and oxygen atoms in total. The molecule has 0 saturated heterocycles. The van der Waals surface area contributed by atoms with Crippen molar-refractivity contribution in [3.8, 4) is 0 Å². The highest BCUT2D eigenvalue weighted by Crippen LogP contribution is 2.24. The number of nitrogens with zero attached hydrogens (tertiary/aromatic N) is 1. The second-order valence-electron chi connectivity index (χ2n) is 5.44. The predicted octanol–water partition coefficient (Wildman–Crippen LogP) is 3.33. The minimum Gasteiger partial charge on any atom is -0.354 e. The van der Waals surface area contributed by atoms with Crippen LogP contribution in [0, 0.1) is 12.8 Å². The molecule has 1 amide bonds. The van der Waals surface area contributed by atoms with Gasteiger partial charge in [0.2, 0.25) is 0 Å². The number of hydrogen-bond donors (Lipinski definition) is 1. The summed E-state index contributed by atoms with van der Waals surface area (Å²) in [5.41, 5.74) is 3.32. The van der Waals surface area contributed by atoms with E-state index in [1.807, 2.05) is 0 Å². The van der Waals surface area contributed by atoms with Gasteiger partial charge in [0.15, 0.2) is 0 Å². The van der Waals surface area contributed by atoms with Crippen molar-refractivity contribution in [3.63, 3.8) is 0 Å². The SMILES string of the molecule is CCC(C)n1c(C(=O)NC)cc(CC(C)C)c1C. The van der Waals surface area contributed by atoms with Crippen molar-refractivity contribution in [3.05, 3.63) is 23.0 Å². The Bertz CT molecular complexity index is 418. The summed E-state index contributed by atoms with van der Waals surface area (Å²) in [6.45, 7) is 10.9. The molecule has 1 heterocycles. The Balaban J connectivity index is 3.26. The van der Waals surface area contributed by atoms with Crippen LogP contribution in [0.15, 0.2) is 6.07 Å². The molecule has 1 atom stereocenters. The van der Waals surface area contributed by atoms with Crippen molar-refractivity contribution in [2.24, 2.45) is 5.92 Å². The lowest BCUT2D eigenvalue weighted by atomic mass is 10.0. The number of nitrogens with one attached hydrogen (secondary N) is 1. The molecule has 0 aliphatic carbocycles. The van der Waals surface area contributed by atoms with Crippen LogP contribution in [0.25, 0.3) is 0 Å². The Kier molecular flexibility index (Phi) is 5.00. The number of aromatic nitrogens is 1. The molecule has 1 aromatic rings. The standard InChI is InChI=1S/C15H26N2O/c1-7-11(4)17-12(5)13(8-10(2)3)9-14(17)15(18)16-6/h9-11H,7-8H2,1-6H3,(H,16,18). The van der Waals surface area contributed by atoms with E-state index < -0.39 is 0 Å². The van der Waals surface area contributed by atoms with Crippen molar-refractivity contribution in [1.82, 2.24) is 9.88 Å². The van der Waals surface area contributed by atoms with Crippen LogP contribution in [-0.4, -0.2) is 17.5 Å². The first-order valence-corrected chi connectivity index (χ1v) is 6.85. The van der Waals surface area contributed by atoms with Gasteiger partial charge in [-0.15, -0.1) is 0 Å². The topological polar surface area (TPSA) is 34.0 Å². The zero-order chi connectivity index (χ0) is 13.9. The minimum atomic E-state index is 0.00778. The fourth-order valence-corrected chi connectivity index (χ4v) is 2.37. The number of carbonyl (C=O) groups excluding carboxylic acids is 1. The molecule has 0 radical (unpaired) electrons. The average Bonchev–Trinajstić information content (AvgIpc) is 2.64. The van der Waals surface area contributed by atoms with Gasteiger partial charge in [0.1, 0.15) is 5.69 Å². The van der Waals surface area contributed by atoms with E-state index in [1.165, 1.54) is 11.3 Å². The maximum atomic E-state index is 12.0. The highest BCUT2D eigenvalue weighted by Gasteiger charge is 2.19. The largest absolute Gasteiger partial charge is 0.354 e. The fourth-order valence-electron chi connectivity index (χ4n) is 2.37. The molecule has 1 aromatic heterocycles. The Hall–Kier alpha value is -1.25. The fraction of sp³-hybridized carbons (Fsp3) is 0.667. The number of carbonyl (C=O) groups is 1. The van der Waals surface area contributed by atoms with Gasteiger partial charge in [-0.3, -0.25) is 4.79 Å². The van der Waals surface area contributed by atoms with Gasteiger partial charge in [-0.2, -0.15) is 0 Å². The number of hydrogen-bond acceptors (Lipinski definition) is 1. The Morgan fingerprint density at radius 1 is 1.39 bits per heavy atom. The van der Waals surface area contributed by atoms with Gasteiger partial charge in [0.25, 0.3) is 5.91 Å². The van der Waals surface area contributed by atoms with Crippen LogP contribution in [0.4, 0.5) is 0 Å². The summed E-state index contributed by atoms with van der Waals surface area (Å²) >= 11 is 0. The third kappa shape index (κ3) is 2.95. The van der Waals surface area contributed by atoms with Crippen molar-refractivity contribution in [2.75, 3.05) is 7.05 Å². The minimum absolute atomic E-state index is 0.00778. The zero-order valence-corrected chi connectivity index (χ0v) is 12.5. The van der Waals surface area contributed by atoms with Crippen LogP contribution < -0.4 is 5.32 Å². The molecule has 0 saturated carbocycles. The van der Waals surface area contributed by atoms with E-state index in [9.17, 15) is 4.79 Å². The molecule has 1 N–H and O–H groups in total. The van der Waals surface area contributed by atoms with E-state index >= 15 is 0 Å². The van der Waals surface area contributed by atoms with Gasteiger partial charge in [-0.05, 0) is 44.2 Å². The Morgan fingerprint density at radius 2 is 2.00 bits per heavy atom. The van der Waals surface area contributed by atoms with E-state index in [0.29, 0.717) is 12.0 Å². The second-order valence-corrected chi connectivity index (χ2v) is 5.44. The van der Waals surface area contributed by atoms with Gasteiger partial charge in [0.05, 0.1) is 0 Å². The van der Waals surface area contributed by atoms with Gasteiger partial charge in [-0.25, -0.2) is 0 Å². The Morgan fingerprint density at radius 3 is 2.44 bits per heavy atom. The van der Waals surface area contributed by atoms with E-state index in [1.54, 1.807) is 7.05 Å². The van der Waals surface area contributed by atoms with Crippen LogP contribution in [0.5, 0.6) is 0 Å². The molecular weight excluding hydrogens is 224 g/mol. The molecule has 0 aliphatic rings. The summed E-state index contributed by atoms with van der Waals surface area (Å²) < 4.78 is 2.18. The molecule has 3 heteroatoms. The summed E-state index contributed by atoms with van der Waals surface area (Å²) in [6, 6.07) is 2.42. The van der Waals surface area contributed by atoms with Crippen LogP contribution in [-0.2, 0) is 6.42 Å². The lowest BCUT2D eigenvalue weighted by Crippen LogP contribution is -2.23. The molecular formula is C15H26N2O. The highest BCUT2D eigenvalue weighted by atomic mass is 16.1. The van der Waals surface area contributed by atoms with E-state index in [0.717, 1.165) is 18.5 Å². The number of amides is 1. The van der Waals surface area contributed by atoms with Crippen molar-refractivity contribution < 1.29 is 4.79 Å². The normalized spacial score (nSPS) is 12.8. The van der Waals surface area contributed by atoms with Crippen LogP contribution in [0.3, 0.4) is 0 Å². The molecule has 1 unspecified atom stereocenters. The van der Waals surface area contributed by atoms with Crippen LogP contribution >= 0.6 is 0 Å². The molecule has 102 valence electrons. The maximum absolute atomic E-state index is 12.0. The quantitative estimate of drug-likeness (QED) is 0.854. The molecule has 18 heavy (non-hydrogen) atoms. The zero-order valence-electron chi connectivity index (χ0n) is 12.5. The molecule has 0 bridgehead atoms. The van der Waals surface area contributed by atoms with Crippen LogP contribution in [0.2, 0.25) is 0 Å². The van der Waals surface area contributed by atoms with E-state index in [-0.39, 0.29) is 5.91 Å². The lowest BCUT2D eigenvalue weighted by molar-refractivity contribution is 0.0951. The van der Waals surface area contributed by atoms with Crippen molar-refractivity contribution in [1.29, 1.82) is 0 Å². The second kappa shape index (κ2) is 6.07. The van der Waals surface area contributed by atoms with Gasteiger partial charge in [0, 0.05) is 18.8 Å². The van der Waals surface area contributed by atoms with Gasteiger partial charge >= 0.3 is 0 Å². The Labute approximate surface area is 111 Å².